The third kappa shape index (κ3) is 4.60. The van der Waals surface area contributed by atoms with Gasteiger partial charge in [0.15, 0.2) is 0 Å². The number of nitrogens with two attached hydrogens (primary N) is 1. The molecule has 1 aliphatic rings. The molecule has 2 rings (SSSR count). The molecule has 1 heterocycles. The maximum absolute atomic E-state index is 12.3. The van der Waals surface area contributed by atoms with Crippen molar-refractivity contribution in [1.29, 1.82) is 0 Å². The van der Waals surface area contributed by atoms with Gasteiger partial charge in [-0.25, -0.2) is 0 Å². The van der Waals surface area contributed by atoms with Crippen molar-refractivity contribution in [2.45, 2.75) is 51.1 Å². The summed E-state index contributed by atoms with van der Waals surface area (Å²) in [6, 6.07) is 6.12. The van der Waals surface area contributed by atoms with Gasteiger partial charge >= 0.3 is 0 Å². The van der Waals surface area contributed by atoms with E-state index in [0.29, 0.717) is 16.5 Å². The molecule has 0 spiro atoms. The van der Waals surface area contributed by atoms with E-state index >= 15 is 0 Å². The third-order valence-electron chi connectivity index (χ3n) is 4.08. The highest BCUT2D eigenvalue weighted by molar-refractivity contribution is 6.42. The van der Waals surface area contributed by atoms with E-state index < -0.39 is 0 Å². The van der Waals surface area contributed by atoms with Crippen LogP contribution in [0, 0.1) is 0 Å². The van der Waals surface area contributed by atoms with Crippen LogP contribution in [0.4, 0.5) is 0 Å². The van der Waals surface area contributed by atoms with Gasteiger partial charge in [-0.2, -0.15) is 0 Å². The summed E-state index contributed by atoms with van der Waals surface area (Å²) >= 11 is 11.9. The molecule has 1 saturated heterocycles. The molecule has 0 saturated carbocycles. The van der Waals surface area contributed by atoms with Gasteiger partial charge in [-0.3, -0.25) is 4.79 Å². The predicted octanol–water partition coefficient (Wildman–Crippen LogP) is 3.65. The normalized spacial score (nSPS) is 22.4. The number of hydrogen-bond acceptors (Lipinski definition) is 2. The average Bonchev–Trinajstić information content (AvgIpc) is 2.42. The van der Waals surface area contributed by atoms with Crippen LogP contribution in [-0.4, -0.2) is 29.4 Å². The Labute approximate surface area is 136 Å². The Balaban J connectivity index is 1.80. The van der Waals surface area contributed by atoms with E-state index in [9.17, 15) is 4.79 Å². The first-order chi connectivity index (χ1) is 9.97. The Kier molecular flexibility index (Phi) is 5.91. The van der Waals surface area contributed by atoms with E-state index in [2.05, 4.69) is 6.92 Å². The Morgan fingerprint density at radius 1 is 1.38 bits per heavy atom. The summed E-state index contributed by atoms with van der Waals surface area (Å²) in [5.41, 5.74) is 7.05. The summed E-state index contributed by atoms with van der Waals surface area (Å²) in [7, 11) is 0. The van der Waals surface area contributed by atoms with Crippen molar-refractivity contribution < 1.29 is 4.79 Å². The number of amides is 1. The number of likely N-dealkylation sites (tertiary alicyclic amines) is 1. The molecule has 2 N–H and O–H groups in total. The molecular weight excluding hydrogens is 307 g/mol. The molecule has 1 fully saturated rings. The first kappa shape index (κ1) is 16.6. The van der Waals surface area contributed by atoms with E-state index in [1.54, 1.807) is 6.07 Å². The largest absolute Gasteiger partial charge is 0.340 e. The Bertz CT molecular complexity index is 507. The third-order valence-corrected chi connectivity index (χ3v) is 4.82. The maximum atomic E-state index is 12.3. The molecule has 21 heavy (non-hydrogen) atoms. The van der Waals surface area contributed by atoms with E-state index in [1.165, 1.54) is 0 Å². The number of rotatable bonds is 4. The maximum Gasteiger partial charge on any atom is 0.222 e. The van der Waals surface area contributed by atoms with Crippen molar-refractivity contribution in [3.8, 4) is 0 Å². The number of halogens is 2. The summed E-state index contributed by atoms with van der Waals surface area (Å²) in [4.78, 5) is 14.2. The Morgan fingerprint density at radius 2 is 2.14 bits per heavy atom. The standard InChI is InChI=1S/C16H22Cl2N2O/c1-11-9-13(19)7-8-20(11)16(21)4-2-3-12-5-6-14(17)15(18)10-12/h5-6,10-11,13H,2-4,7-9,19H2,1H3. The molecule has 3 nitrogen and oxygen atoms in total. The SMILES string of the molecule is CC1CC(N)CCN1C(=O)CCCc1ccc(Cl)c(Cl)c1. The van der Waals surface area contributed by atoms with Gasteiger partial charge in [0.05, 0.1) is 10.0 Å². The van der Waals surface area contributed by atoms with Gasteiger partial charge in [-0.05, 0) is 50.3 Å². The summed E-state index contributed by atoms with van der Waals surface area (Å²) < 4.78 is 0. The molecule has 2 atom stereocenters. The predicted molar refractivity (Wildman–Crippen MR) is 87.8 cm³/mol. The second kappa shape index (κ2) is 7.48. The van der Waals surface area contributed by atoms with Gasteiger partial charge in [-0.15, -0.1) is 0 Å². The number of benzene rings is 1. The minimum atomic E-state index is 0.231. The molecule has 0 aliphatic carbocycles. The van der Waals surface area contributed by atoms with Gasteiger partial charge in [0, 0.05) is 25.0 Å². The molecule has 0 bridgehead atoms. The second-order valence-corrected chi connectivity index (χ2v) is 6.64. The molecule has 0 aromatic heterocycles. The molecule has 1 aliphatic heterocycles. The zero-order valence-electron chi connectivity index (χ0n) is 12.3. The fraction of sp³-hybridized carbons (Fsp3) is 0.562. The number of aryl methyl sites for hydroxylation is 1. The van der Waals surface area contributed by atoms with Crippen molar-refractivity contribution in [1.82, 2.24) is 4.90 Å². The molecule has 1 aromatic rings. The molecular formula is C16H22Cl2N2O. The monoisotopic (exact) mass is 328 g/mol. The van der Waals surface area contributed by atoms with Gasteiger partial charge in [-0.1, -0.05) is 29.3 Å². The smallest absolute Gasteiger partial charge is 0.222 e. The fourth-order valence-corrected chi connectivity index (χ4v) is 3.18. The summed E-state index contributed by atoms with van der Waals surface area (Å²) in [6.45, 7) is 2.86. The van der Waals surface area contributed by atoms with Crippen molar-refractivity contribution in [3.63, 3.8) is 0 Å². The quantitative estimate of drug-likeness (QED) is 0.916. The molecule has 1 aromatic carbocycles. The number of hydrogen-bond donors (Lipinski definition) is 1. The highest BCUT2D eigenvalue weighted by atomic mass is 35.5. The van der Waals surface area contributed by atoms with Crippen molar-refractivity contribution in [3.05, 3.63) is 33.8 Å². The van der Waals surface area contributed by atoms with Crippen LogP contribution in [-0.2, 0) is 11.2 Å². The molecule has 2 unspecified atom stereocenters. The summed E-state index contributed by atoms with van der Waals surface area (Å²) in [6.07, 6.45) is 4.04. The highest BCUT2D eigenvalue weighted by Gasteiger charge is 2.26. The van der Waals surface area contributed by atoms with Gasteiger partial charge < -0.3 is 10.6 Å². The minimum Gasteiger partial charge on any atom is -0.340 e. The molecule has 1 amide bonds. The number of carbonyl (C=O) groups is 1. The summed E-state index contributed by atoms with van der Waals surface area (Å²) in [5, 5.41) is 1.13. The highest BCUT2D eigenvalue weighted by Crippen LogP contribution is 2.23. The van der Waals surface area contributed by atoms with Crippen LogP contribution >= 0.6 is 23.2 Å². The van der Waals surface area contributed by atoms with E-state index in [-0.39, 0.29) is 18.0 Å². The first-order valence-corrected chi connectivity index (χ1v) is 8.22. The van der Waals surface area contributed by atoms with Crippen LogP contribution in [0.25, 0.3) is 0 Å². The Morgan fingerprint density at radius 3 is 2.81 bits per heavy atom. The summed E-state index contributed by atoms with van der Waals surface area (Å²) in [5.74, 6) is 0.231. The van der Waals surface area contributed by atoms with E-state index in [1.807, 2.05) is 17.0 Å². The van der Waals surface area contributed by atoms with E-state index in [4.69, 9.17) is 28.9 Å². The topological polar surface area (TPSA) is 46.3 Å². The van der Waals surface area contributed by atoms with Crippen LogP contribution in [0.2, 0.25) is 10.0 Å². The lowest BCUT2D eigenvalue weighted by Gasteiger charge is -2.36. The lowest BCUT2D eigenvalue weighted by molar-refractivity contribution is -0.134. The number of carbonyl (C=O) groups excluding carboxylic acids is 1. The van der Waals surface area contributed by atoms with E-state index in [0.717, 1.165) is 37.8 Å². The molecule has 5 heteroatoms. The second-order valence-electron chi connectivity index (χ2n) is 5.82. The van der Waals surface area contributed by atoms with Gasteiger partial charge in [0.1, 0.15) is 0 Å². The van der Waals surface area contributed by atoms with Crippen molar-refractivity contribution in [2.24, 2.45) is 5.73 Å². The zero-order valence-corrected chi connectivity index (χ0v) is 13.8. The lowest BCUT2D eigenvalue weighted by Crippen LogP contribution is -2.48. The zero-order chi connectivity index (χ0) is 15.4. The fourth-order valence-electron chi connectivity index (χ4n) is 2.86. The lowest BCUT2D eigenvalue weighted by atomic mass is 9.98. The van der Waals surface area contributed by atoms with Gasteiger partial charge in [0.25, 0.3) is 0 Å². The van der Waals surface area contributed by atoms with Crippen LogP contribution in [0.1, 0.15) is 38.2 Å². The Hall–Kier alpha value is -0.770. The first-order valence-electron chi connectivity index (χ1n) is 7.46. The molecule has 0 radical (unpaired) electrons. The molecule has 116 valence electrons. The number of nitrogens with zero attached hydrogens (tertiary/aromatic N) is 1. The van der Waals surface area contributed by atoms with Crippen molar-refractivity contribution in [2.75, 3.05) is 6.54 Å². The van der Waals surface area contributed by atoms with Crippen LogP contribution < -0.4 is 5.73 Å². The van der Waals surface area contributed by atoms with Crippen LogP contribution in [0.3, 0.4) is 0 Å². The van der Waals surface area contributed by atoms with Crippen LogP contribution in [0.15, 0.2) is 18.2 Å². The van der Waals surface area contributed by atoms with Crippen LogP contribution in [0.5, 0.6) is 0 Å². The average molecular weight is 329 g/mol. The number of piperidine rings is 1. The van der Waals surface area contributed by atoms with Crippen molar-refractivity contribution >= 4 is 29.1 Å². The minimum absolute atomic E-state index is 0.231. The van der Waals surface area contributed by atoms with Gasteiger partial charge in [0.2, 0.25) is 5.91 Å².